The molecule has 0 rings (SSSR count). The first-order chi connectivity index (χ1) is 6.31. The third-order valence-electron chi connectivity index (χ3n) is 1.27. The van der Waals surface area contributed by atoms with Crippen molar-refractivity contribution in [3.8, 4) is 0 Å². The molecular weight excluding hydrogens is 184 g/mol. The Kier molecular flexibility index (Phi) is 6.27. The summed E-state index contributed by atoms with van der Waals surface area (Å²) in [5, 5.41) is 9.17. The lowest BCUT2D eigenvalue weighted by atomic mass is 10.2. The Morgan fingerprint density at radius 2 is 1.71 bits per heavy atom. The van der Waals surface area contributed by atoms with Crippen LogP contribution in [0, 0.1) is 5.92 Å². The van der Waals surface area contributed by atoms with E-state index in [4.69, 9.17) is 14.2 Å². The summed E-state index contributed by atoms with van der Waals surface area (Å²) >= 11 is 0. The van der Waals surface area contributed by atoms with E-state index in [9.17, 15) is 5.11 Å². The van der Waals surface area contributed by atoms with Crippen molar-refractivity contribution in [2.45, 2.75) is 46.7 Å². The zero-order valence-electron chi connectivity index (χ0n) is 9.74. The van der Waals surface area contributed by atoms with Gasteiger partial charge in [0.2, 0.25) is 0 Å². The number of ether oxygens (including phenoxy) is 3. The second-order valence-electron chi connectivity index (χ2n) is 4.58. The van der Waals surface area contributed by atoms with Crippen molar-refractivity contribution in [1.82, 2.24) is 0 Å². The summed E-state index contributed by atoms with van der Waals surface area (Å²) in [6, 6.07) is 0. The van der Waals surface area contributed by atoms with Crippen LogP contribution in [0.3, 0.4) is 0 Å². The molecule has 0 heterocycles. The van der Waals surface area contributed by atoms with Crippen molar-refractivity contribution >= 4 is 0 Å². The molecule has 0 radical (unpaired) electrons. The van der Waals surface area contributed by atoms with Crippen LogP contribution >= 0.6 is 0 Å². The van der Waals surface area contributed by atoms with E-state index in [1.54, 1.807) is 0 Å². The van der Waals surface area contributed by atoms with E-state index in [2.05, 4.69) is 0 Å². The summed E-state index contributed by atoms with van der Waals surface area (Å²) < 4.78 is 15.1. The monoisotopic (exact) mass is 206 g/mol. The molecule has 0 saturated carbocycles. The first-order valence-electron chi connectivity index (χ1n) is 4.86. The second kappa shape index (κ2) is 6.35. The fourth-order valence-corrected chi connectivity index (χ4v) is 0.592. The Bertz CT molecular complexity index is 140. The van der Waals surface area contributed by atoms with Crippen molar-refractivity contribution in [2.24, 2.45) is 5.92 Å². The Labute approximate surface area is 86.2 Å². The first-order valence-corrected chi connectivity index (χ1v) is 4.86. The molecule has 1 N–H and O–H groups in total. The molecule has 0 saturated heterocycles. The third-order valence-corrected chi connectivity index (χ3v) is 1.27. The minimum absolute atomic E-state index is 0.0305. The van der Waals surface area contributed by atoms with Crippen LogP contribution < -0.4 is 0 Å². The number of rotatable bonds is 6. The third kappa shape index (κ3) is 9.92. The summed E-state index contributed by atoms with van der Waals surface area (Å²) in [5.74, 6) is 0.372. The molecule has 86 valence electrons. The molecule has 4 heteroatoms. The number of aliphatic hydroxyl groups is 1. The quantitative estimate of drug-likeness (QED) is 0.672. The van der Waals surface area contributed by atoms with Gasteiger partial charge in [-0.25, -0.2) is 0 Å². The van der Waals surface area contributed by atoms with Gasteiger partial charge in [0.25, 0.3) is 6.48 Å². The first kappa shape index (κ1) is 13.8. The predicted molar refractivity (Wildman–Crippen MR) is 53.6 cm³/mol. The second-order valence-corrected chi connectivity index (χ2v) is 4.58. The average molecular weight is 206 g/mol. The van der Waals surface area contributed by atoms with E-state index in [1.165, 1.54) is 0 Å². The molecule has 0 fully saturated rings. The maximum absolute atomic E-state index is 9.17. The highest BCUT2D eigenvalue weighted by Gasteiger charge is 2.11. The van der Waals surface area contributed by atoms with Gasteiger partial charge in [0.1, 0.15) is 0 Å². The van der Waals surface area contributed by atoms with Gasteiger partial charge in [0.15, 0.2) is 6.79 Å². The van der Waals surface area contributed by atoms with E-state index in [1.807, 2.05) is 34.6 Å². The molecule has 0 aromatic carbocycles. The van der Waals surface area contributed by atoms with Gasteiger partial charge in [-0.3, -0.25) is 0 Å². The molecule has 0 bridgehead atoms. The largest absolute Gasteiger partial charge is 0.350 e. The minimum Gasteiger partial charge on any atom is -0.350 e. The van der Waals surface area contributed by atoms with Crippen LogP contribution in [0.4, 0.5) is 0 Å². The van der Waals surface area contributed by atoms with Crippen molar-refractivity contribution in [3.05, 3.63) is 0 Å². The van der Waals surface area contributed by atoms with Gasteiger partial charge in [-0.2, -0.15) is 0 Å². The van der Waals surface area contributed by atoms with Gasteiger partial charge in [-0.15, -0.1) is 0 Å². The fourth-order valence-electron chi connectivity index (χ4n) is 0.592. The van der Waals surface area contributed by atoms with Gasteiger partial charge < -0.3 is 19.3 Å². The molecule has 0 aliphatic heterocycles. The van der Waals surface area contributed by atoms with Crippen molar-refractivity contribution in [3.63, 3.8) is 0 Å². The molecule has 0 aromatic heterocycles. The Hall–Kier alpha value is -0.160. The Balaban J connectivity index is 3.40. The summed E-state index contributed by atoms with van der Waals surface area (Å²) in [6.45, 7) is 9.04. The smallest absolute Gasteiger partial charge is 0.271 e. The van der Waals surface area contributed by atoms with E-state index < -0.39 is 6.48 Å². The van der Waals surface area contributed by atoms with Gasteiger partial charge in [0.05, 0.1) is 12.2 Å². The molecule has 4 nitrogen and oxygen atoms in total. The number of hydrogen-bond acceptors (Lipinski definition) is 4. The molecule has 14 heavy (non-hydrogen) atoms. The molecule has 0 spiro atoms. The van der Waals surface area contributed by atoms with E-state index in [0.29, 0.717) is 12.5 Å². The van der Waals surface area contributed by atoms with Crippen LogP contribution in [0.25, 0.3) is 0 Å². The lowest BCUT2D eigenvalue weighted by molar-refractivity contribution is -0.303. The zero-order chi connectivity index (χ0) is 11.2. The van der Waals surface area contributed by atoms with Gasteiger partial charge >= 0.3 is 0 Å². The normalized spacial score (nSPS) is 14.8. The van der Waals surface area contributed by atoms with Crippen LogP contribution in [0.5, 0.6) is 0 Å². The summed E-state index contributed by atoms with van der Waals surface area (Å²) in [4.78, 5) is 0. The Morgan fingerprint density at radius 3 is 2.14 bits per heavy atom. The molecule has 0 aromatic rings. The fraction of sp³-hybridized carbons (Fsp3) is 1.00. The van der Waals surface area contributed by atoms with Crippen LogP contribution in [0.15, 0.2) is 0 Å². The highest BCUT2D eigenvalue weighted by Crippen LogP contribution is 2.07. The van der Waals surface area contributed by atoms with Crippen molar-refractivity contribution in [2.75, 3.05) is 13.4 Å². The molecule has 1 unspecified atom stereocenters. The van der Waals surface area contributed by atoms with Crippen LogP contribution in [0.1, 0.15) is 34.6 Å². The van der Waals surface area contributed by atoms with Crippen LogP contribution in [-0.2, 0) is 14.2 Å². The highest BCUT2D eigenvalue weighted by molar-refractivity contribution is 4.56. The van der Waals surface area contributed by atoms with E-state index in [0.717, 1.165) is 0 Å². The summed E-state index contributed by atoms with van der Waals surface area (Å²) in [6.07, 6.45) is 0. The maximum Gasteiger partial charge on any atom is 0.271 e. The Morgan fingerprint density at radius 1 is 1.14 bits per heavy atom. The van der Waals surface area contributed by atoms with Crippen LogP contribution in [-0.4, -0.2) is 30.6 Å². The van der Waals surface area contributed by atoms with Crippen molar-refractivity contribution < 1.29 is 19.3 Å². The standard InChI is InChI=1S/C10H22O4/c1-8(2)6-12-9(11)13-7-14-10(3,4)5/h8-9,11H,6-7H2,1-5H3. The van der Waals surface area contributed by atoms with Crippen LogP contribution in [0.2, 0.25) is 0 Å². The molecule has 0 aliphatic carbocycles. The van der Waals surface area contributed by atoms with Gasteiger partial charge in [-0.1, -0.05) is 13.8 Å². The lowest BCUT2D eigenvalue weighted by Crippen LogP contribution is -2.25. The SMILES string of the molecule is CC(C)COC(O)OCOC(C)(C)C. The summed E-state index contributed by atoms with van der Waals surface area (Å²) in [5.41, 5.74) is -0.266. The van der Waals surface area contributed by atoms with Gasteiger partial charge in [0, 0.05) is 0 Å². The highest BCUT2D eigenvalue weighted by atomic mass is 16.8. The zero-order valence-corrected chi connectivity index (χ0v) is 9.74. The minimum atomic E-state index is -1.19. The number of aliphatic hydroxyl groups excluding tert-OH is 1. The van der Waals surface area contributed by atoms with E-state index in [-0.39, 0.29) is 12.4 Å². The average Bonchev–Trinajstić information content (AvgIpc) is 1.98. The topological polar surface area (TPSA) is 47.9 Å². The van der Waals surface area contributed by atoms with Gasteiger partial charge in [-0.05, 0) is 26.7 Å². The summed E-state index contributed by atoms with van der Waals surface area (Å²) in [7, 11) is 0. The van der Waals surface area contributed by atoms with E-state index >= 15 is 0 Å². The number of hydrogen-bond donors (Lipinski definition) is 1. The molecule has 0 amide bonds. The maximum atomic E-state index is 9.17. The van der Waals surface area contributed by atoms with Crippen molar-refractivity contribution in [1.29, 1.82) is 0 Å². The molecule has 1 atom stereocenters. The predicted octanol–water partition coefficient (Wildman–Crippen LogP) is 1.72. The molecule has 0 aliphatic rings. The lowest BCUT2D eigenvalue weighted by Gasteiger charge is -2.21. The molecular formula is C10H22O4.